The van der Waals surface area contributed by atoms with E-state index in [0.717, 1.165) is 19.5 Å². The van der Waals surface area contributed by atoms with E-state index >= 15 is 0 Å². The third-order valence-electron chi connectivity index (χ3n) is 9.11. The summed E-state index contributed by atoms with van der Waals surface area (Å²) in [6.07, 6.45) is -7.25. The number of hydrogen-bond donors (Lipinski definition) is 0. The van der Waals surface area contributed by atoms with Crippen LogP contribution in [0.1, 0.15) is 74.1 Å². The molecule has 0 aliphatic carbocycles. The molecule has 0 saturated carbocycles. The highest BCUT2D eigenvalue weighted by Crippen LogP contribution is 2.49. The standard InChI is InChI=1S/C25H44F6N4/c1-20(2,3)34-16-18(14-22(34,6)24(26,27)28)32(8)13-10-21(4,5)35-17-19(33-11-9-12-33)15-23(35,7)25(29,30)31/h18-19H,9-17H2,1-8H3/t18-,19?,22+,23+/m1/s1. The second-order valence-corrected chi connectivity index (χ2v) is 13.1. The van der Waals surface area contributed by atoms with Crippen LogP contribution in [0, 0.1) is 0 Å². The van der Waals surface area contributed by atoms with E-state index in [2.05, 4.69) is 4.90 Å². The predicted molar refractivity (Wildman–Crippen MR) is 126 cm³/mol. The molecule has 0 spiro atoms. The predicted octanol–water partition coefficient (Wildman–Crippen LogP) is 5.38. The smallest absolute Gasteiger partial charge is 0.302 e. The van der Waals surface area contributed by atoms with Gasteiger partial charge < -0.3 is 4.90 Å². The molecule has 3 saturated heterocycles. The van der Waals surface area contributed by atoms with E-state index in [1.807, 2.05) is 18.7 Å². The quantitative estimate of drug-likeness (QED) is 0.441. The second kappa shape index (κ2) is 9.02. The molecule has 0 aromatic heterocycles. The lowest BCUT2D eigenvalue weighted by molar-refractivity contribution is -0.231. The van der Waals surface area contributed by atoms with Crippen LogP contribution in [-0.4, -0.2) is 106 Å². The number of nitrogens with zero attached hydrogens (tertiary/aromatic N) is 4. The number of likely N-dealkylation sites (tertiary alicyclic amines) is 3. The van der Waals surface area contributed by atoms with Crippen LogP contribution in [0.4, 0.5) is 26.3 Å². The summed E-state index contributed by atoms with van der Waals surface area (Å²) in [7, 11) is 1.81. The largest absolute Gasteiger partial charge is 0.406 e. The zero-order chi connectivity index (χ0) is 26.8. The average Bonchev–Trinajstić information content (AvgIpc) is 3.17. The van der Waals surface area contributed by atoms with Crippen molar-refractivity contribution < 1.29 is 26.3 Å². The van der Waals surface area contributed by atoms with E-state index in [1.165, 1.54) is 18.7 Å². The van der Waals surface area contributed by atoms with Crippen LogP contribution in [0.3, 0.4) is 0 Å². The number of likely N-dealkylation sites (N-methyl/N-ethyl adjacent to an activating group) is 1. The van der Waals surface area contributed by atoms with Crippen molar-refractivity contribution in [1.82, 2.24) is 19.6 Å². The molecule has 3 rings (SSSR count). The summed E-state index contributed by atoms with van der Waals surface area (Å²) in [6.45, 7) is 14.4. The van der Waals surface area contributed by atoms with Crippen LogP contribution in [0.5, 0.6) is 0 Å². The Morgan fingerprint density at radius 1 is 0.800 bits per heavy atom. The zero-order valence-electron chi connectivity index (χ0n) is 22.6. The monoisotopic (exact) mass is 514 g/mol. The molecule has 1 unspecified atom stereocenters. The number of rotatable bonds is 6. The Kier molecular flexibility index (Phi) is 7.47. The Labute approximate surface area is 207 Å². The van der Waals surface area contributed by atoms with Crippen molar-refractivity contribution in [3.63, 3.8) is 0 Å². The summed E-state index contributed by atoms with van der Waals surface area (Å²) in [5.41, 5.74) is -5.27. The topological polar surface area (TPSA) is 13.0 Å². The van der Waals surface area contributed by atoms with Gasteiger partial charge in [-0.05, 0) is 101 Å². The summed E-state index contributed by atoms with van der Waals surface area (Å²) in [5.74, 6) is 0. The molecule has 3 heterocycles. The number of halogens is 6. The Hall–Kier alpha value is -0.580. The lowest BCUT2D eigenvalue weighted by atomic mass is 9.89. The Bertz CT molecular complexity index is 757. The average molecular weight is 515 g/mol. The summed E-state index contributed by atoms with van der Waals surface area (Å²) in [5, 5.41) is 0. The first-order valence-electron chi connectivity index (χ1n) is 12.8. The van der Waals surface area contributed by atoms with Gasteiger partial charge in [-0.2, -0.15) is 26.3 Å². The first-order chi connectivity index (χ1) is 15.6. The van der Waals surface area contributed by atoms with Gasteiger partial charge in [0.05, 0.1) is 0 Å². The van der Waals surface area contributed by atoms with Gasteiger partial charge in [0.15, 0.2) is 0 Å². The van der Waals surface area contributed by atoms with Crippen molar-refractivity contribution in [1.29, 1.82) is 0 Å². The molecule has 4 nitrogen and oxygen atoms in total. The van der Waals surface area contributed by atoms with Crippen molar-refractivity contribution >= 4 is 0 Å². The molecule has 0 aromatic rings. The summed E-state index contributed by atoms with van der Waals surface area (Å²) in [4.78, 5) is 7.22. The molecule has 0 N–H and O–H groups in total. The van der Waals surface area contributed by atoms with Crippen LogP contribution >= 0.6 is 0 Å². The molecule has 0 bridgehead atoms. The van der Waals surface area contributed by atoms with E-state index in [0.29, 0.717) is 19.5 Å². The zero-order valence-corrected chi connectivity index (χ0v) is 22.6. The highest BCUT2D eigenvalue weighted by Gasteiger charge is 2.64. The van der Waals surface area contributed by atoms with Crippen LogP contribution in [0.2, 0.25) is 0 Å². The van der Waals surface area contributed by atoms with Crippen LogP contribution in [-0.2, 0) is 0 Å². The normalized spacial score (nSPS) is 34.7. The lowest BCUT2D eigenvalue weighted by Crippen LogP contribution is -2.61. The Morgan fingerprint density at radius 3 is 1.71 bits per heavy atom. The fourth-order valence-electron chi connectivity index (χ4n) is 6.57. The van der Waals surface area contributed by atoms with Crippen LogP contribution in [0.15, 0.2) is 0 Å². The van der Waals surface area contributed by atoms with E-state index < -0.39 is 34.5 Å². The lowest BCUT2D eigenvalue weighted by Gasteiger charge is -2.47. The molecule has 3 aliphatic rings. The van der Waals surface area contributed by atoms with Gasteiger partial charge in [0, 0.05) is 36.3 Å². The van der Waals surface area contributed by atoms with E-state index in [1.54, 1.807) is 32.7 Å². The highest BCUT2D eigenvalue weighted by atomic mass is 19.4. The molecule has 0 amide bonds. The maximum Gasteiger partial charge on any atom is 0.406 e. The molecule has 35 heavy (non-hydrogen) atoms. The second-order valence-electron chi connectivity index (χ2n) is 13.1. The summed E-state index contributed by atoms with van der Waals surface area (Å²) in [6, 6.07) is -0.437. The minimum Gasteiger partial charge on any atom is -0.302 e. The fourth-order valence-corrected chi connectivity index (χ4v) is 6.57. The maximum absolute atomic E-state index is 14.3. The van der Waals surface area contributed by atoms with Crippen LogP contribution < -0.4 is 0 Å². The molecule has 4 atom stereocenters. The summed E-state index contributed by atoms with van der Waals surface area (Å²) < 4.78 is 85.2. The Balaban J connectivity index is 1.73. The molecular formula is C25H44F6N4. The van der Waals surface area contributed by atoms with E-state index in [4.69, 9.17) is 0 Å². The van der Waals surface area contributed by atoms with Gasteiger partial charge in [-0.25, -0.2) is 0 Å². The fraction of sp³-hybridized carbons (Fsp3) is 1.00. The van der Waals surface area contributed by atoms with Gasteiger partial charge in [-0.1, -0.05) is 0 Å². The van der Waals surface area contributed by atoms with Gasteiger partial charge in [0.2, 0.25) is 0 Å². The molecule has 0 aromatic carbocycles. The first-order valence-corrected chi connectivity index (χ1v) is 12.8. The van der Waals surface area contributed by atoms with Crippen LogP contribution in [0.25, 0.3) is 0 Å². The maximum atomic E-state index is 14.3. The Morgan fingerprint density at radius 2 is 1.31 bits per heavy atom. The third kappa shape index (κ3) is 5.23. The summed E-state index contributed by atoms with van der Waals surface area (Å²) >= 11 is 0. The highest BCUT2D eigenvalue weighted by molar-refractivity contribution is 5.10. The van der Waals surface area contributed by atoms with E-state index in [9.17, 15) is 26.3 Å². The SMILES string of the molecule is CN(CCC(C)(C)N1CC(N2CCC2)C[C@@]1(C)C(F)(F)F)[C@H]1CN(C(C)(C)C)[C@](C)(C(F)(F)F)C1. The van der Waals surface area contributed by atoms with Crippen molar-refractivity contribution in [3.8, 4) is 0 Å². The molecule has 0 radical (unpaired) electrons. The number of hydrogen-bond acceptors (Lipinski definition) is 4. The van der Waals surface area contributed by atoms with Crippen molar-refractivity contribution in [2.75, 3.05) is 39.8 Å². The first kappa shape index (κ1) is 29.0. The van der Waals surface area contributed by atoms with Gasteiger partial charge in [-0.3, -0.25) is 14.7 Å². The molecule has 10 heteroatoms. The van der Waals surface area contributed by atoms with Crippen molar-refractivity contribution in [2.45, 2.75) is 121 Å². The van der Waals surface area contributed by atoms with E-state index in [-0.39, 0.29) is 31.5 Å². The molecule has 206 valence electrons. The molecule has 3 fully saturated rings. The van der Waals surface area contributed by atoms with Gasteiger partial charge in [0.1, 0.15) is 11.1 Å². The molecule has 3 aliphatic heterocycles. The van der Waals surface area contributed by atoms with Crippen molar-refractivity contribution in [2.24, 2.45) is 0 Å². The van der Waals surface area contributed by atoms with Crippen molar-refractivity contribution in [3.05, 3.63) is 0 Å². The van der Waals surface area contributed by atoms with Gasteiger partial charge in [0.25, 0.3) is 0 Å². The number of alkyl halides is 6. The minimum absolute atomic E-state index is 0.0499. The van der Waals surface area contributed by atoms with Gasteiger partial charge >= 0.3 is 12.4 Å². The third-order valence-corrected chi connectivity index (χ3v) is 9.11. The minimum atomic E-state index is -4.37. The molecular weight excluding hydrogens is 470 g/mol. The van der Waals surface area contributed by atoms with Gasteiger partial charge in [-0.15, -0.1) is 0 Å².